The van der Waals surface area contributed by atoms with Crippen LogP contribution in [0.4, 0.5) is 5.82 Å². The maximum absolute atomic E-state index is 5.86. The van der Waals surface area contributed by atoms with Crippen molar-refractivity contribution in [2.24, 2.45) is 0 Å². The Bertz CT molecular complexity index is 759. The lowest BCUT2D eigenvalue weighted by Crippen LogP contribution is -2.02. The fraction of sp³-hybridized carbons (Fsp3) is 0.250. The number of benzene rings is 1. The van der Waals surface area contributed by atoms with E-state index in [4.69, 9.17) is 4.42 Å². The molecule has 0 radical (unpaired) electrons. The van der Waals surface area contributed by atoms with Crippen molar-refractivity contribution >= 4 is 16.8 Å². The molecule has 20 heavy (non-hydrogen) atoms. The lowest BCUT2D eigenvalue weighted by molar-refractivity contribution is 0.624. The Labute approximate surface area is 116 Å². The van der Waals surface area contributed by atoms with E-state index in [1.165, 1.54) is 5.56 Å². The first kappa shape index (κ1) is 11.5. The van der Waals surface area contributed by atoms with Gasteiger partial charge in [-0.25, -0.2) is 9.97 Å². The van der Waals surface area contributed by atoms with E-state index in [9.17, 15) is 0 Å². The summed E-state index contributed by atoms with van der Waals surface area (Å²) in [6, 6.07) is 9.98. The molecule has 4 heteroatoms. The van der Waals surface area contributed by atoms with E-state index < -0.39 is 0 Å². The van der Waals surface area contributed by atoms with Gasteiger partial charge in [0.25, 0.3) is 0 Å². The van der Waals surface area contributed by atoms with Crippen LogP contribution in [0.15, 0.2) is 34.7 Å². The maximum atomic E-state index is 5.86. The first-order valence-corrected chi connectivity index (χ1v) is 6.91. The Balaban J connectivity index is 1.89. The zero-order chi connectivity index (χ0) is 13.5. The third-order valence-electron chi connectivity index (χ3n) is 3.82. The smallest absolute Gasteiger partial charge is 0.197 e. The van der Waals surface area contributed by atoms with Gasteiger partial charge >= 0.3 is 0 Å². The molecule has 1 aromatic carbocycles. The highest BCUT2D eigenvalue weighted by molar-refractivity contribution is 5.81. The average molecular weight is 265 g/mol. The molecular weight excluding hydrogens is 250 g/mol. The predicted molar refractivity (Wildman–Crippen MR) is 78.8 cm³/mol. The van der Waals surface area contributed by atoms with Crippen LogP contribution in [0.1, 0.15) is 17.7 Å². The summed E-state index contributed by atoms with van der Waals surface area (Å²) in [6.07, 6.45) is 3.24. The fourth-order valence-corrected chi connectivity index (χ4v) is 2.84. The van der Waals surface area contributed by atoms with Crippen LogP contribution in [0.5, 0.6) is 0 Å². The molecule has 2 heterocycles. The summed E-state index contributed by atoms with van der Waals surface area (Å²) in [7, 11) is 1.91. The standard InChI is InChI=1S/C16H15N3O/c1-17-15-11-6-4-7-12(11)18-16(19-15)14-9-10-5-2-3-8-13(10)20-14/h2-3,5,8-9H,4,6-7H2,1H3,(H,17,18,19). The average Bonchev–Trinajstić information content (AvgIpc) is 3.12. The summed E-state index contributed by atoms with van der Waals surface area (Å²) in [5.74, 6) is 2.34. The Morgan fingerprint density at radius 1 is 1.15 bits per heavy atom. The number of hydrogen-bond donors (Lipinski definition) is 1. The second kappa shape index (κ2) is 4.34. The molecular formula is C16H15N3O. The van der Waals surface area contributed by atoms with Crippen molar-refractivity contribution in [1.82, 2.24) is 9.97 Å². The van der Waals surface area contributed by atoms with E-state index in [2.05, 4.69) is 15.3 Å². The third-order valence-corrected chi connectivity index (χ3v) is 3.82. The number of aromatic nitrogens is 2. The summed E-state index contributed by atoms with van der Waals surface area (Å²) in [5, 5.41) is 4.26. The zero-order valence-electron chi connectivity index (χ0n) is 11.3. The normalized spacial score (nSPS) is 13.7. The van der Waals surface area contributed by atoms with Crippen molar-refractivity contribution in [3.8, 4) is 11.6 Å². The van der Waals surface area contributed by atoms with Crippen LogP contribution in [0.3, 0.4) is 0 Å². The van der Waals surface area contributed by atoms with Gasteiger partial charge in [0, 0.05) is 23.7 Å². The van der Waals surface area contributed by atoms with Gasteiger partial charge in [-0.2, -0.15) is 0 Å². The number of hydrogen-bond acceptors (Lipinski definition) is 4. The molecule has 100 valence electrons. The Morgan fingerprint density at radius 3 is 2.90 bits per heavy atom. The molecule has 3 aromatic rings. The lowest BCUT2D eigenvalue weighted by Gasteiger charge is -2.07. The number of nitrogens with zero attached hydrogens (tertiary/aromatic N) is 2. The van der Waals surface area contributed by atoms with Gasteiger partial charge in [-0.05, 0) is 31.4 Å². The van der Waals surface area contributed by atoms with Crippen molar-refractivity contribution in [1.29, 1.82) is 0 Å². The molecule has 0 bridgehead atoms. The molecule has 0 saturated carbocycles. The highest BCUT2D eigenvalue weighted by atomic mass is 16.3. The minimum absolute atomic E-state index is 0.672. The second-order valence-corrected chi connectivity index (χ2v) is 5.07. The number of aryl methyl sites for hydroxylation is 1. The summed E-state index contributed by atoms with van der Waals surface area (Å²) >= 11 is 0. The van der Waals surface area contributed by atoms with Crippen LogP contribution in [0, 0.1) is 0 Å². The molecule has 1 aliphatic carbocycles. The molecule has 4 rings (SSSR count). The lowest BCUT2D eigenvalue weighted by atomic mass is 10.2. The van der Waals surface area contributed by atoms with Gasteiger partial charge < -0.3 is 9.73 Å². The van der Waals surface area contributed by atoms with Gasteiger partial charge in [0.05, 0.1) is 0 Å². The van der Waals surface area contributed by atoms with Crippen molar-refractivity contribution in [2.75, 3.05) is 12.4 Å². The SMILES string of the molecule is CNc1nc(-c2cc3ccccc3o2)nc2c1CCC2. The Hall–Kier alpha value is -2.36. The molecule has 0 saturated heterocycles. The van der Waals surface area contributed by atoms with Crippen LogP contribution in [0.25, 0.3) is 22.6 Å². The number of nitrogens with one attached hydrogen (secondary N) is 1. The maximum Gasteiger partial charge on any atom is 0.197 e. The van der Waals surface area contributed by atoms with E-state index in [-0.39, 0.29) is 0 Å². The van der Waals surface area contributed by atoms with Crippen molar-refractivity contribution in [3.05, 3.63) is 41.6 Å². The largest absolute Gasteiger partial charge is 0.453 e. The van der Waals surface area contributed by atoms with Crippen LogP contribution in [-0.2, 0) is 12.8 Å². The monoisotopic (exact) mass is 265 g/mol. The minimum Gasteiger partial charge on any atom is -0.453 e. The fourth-order valence-electron chi connectivity index (χ4n) is 2.84. The van der Waals surface area contributed by atoms with E-state index in [0.29, 0.717) is 5.82 Å². The van der Waals surface area contributed by atoms with E-state index in [0.717, 1.165) is 47.5 Å². The third kappa shape index (κ3) is 1.68. The molecule has 0 fully saturated rings. The van der Waals surface area contributed by atoms with Gasteiger partial charge in [-0.1, -0.05) is 18.2 Å². The van der Waals surface area contributed by atoms with Gasteiger partial charge in [0.1, 0.15) is 11.4 Å². The molecule has 0 atom stereocenters. The highest BCUT2D eigenvalue weighted by Gasteiger charge is 2.20. The summed E-state index contributed by atoms with van der Waals surface area (Å²) in [4.78, 5) is 9.29. The number of fused-ring (bicyclic) bond motifs is 2. The quantitative estimate of drug-likeness (QED) is 0.771. The number of para-hydroxylation sites is 1. The number of rotatable bonds is 2. The van der Waals surface area contributed by atoms with Crippen LogP contribution >= 0.6 is 0 Å². The summed E-state index contributed by atoms with van der Waals surface area (Å²) < 4.78 is 5.86. The predicted octanol–water partition coefficient (Wildman–Crippen LogP) is 3.42. The molecule has 0 spiro atoms. The molecule has 1 N–H and O–H groups in total. The second-order valence-electron chi connectivity index (χ2n) is 5.07. The molecule has 1 aliphatic rings. The minimum atomic E-state index is 0.672. The van der Waals surface area contributed by atoms with Crippen molar-refractivity contribution < 1.29 is 4.42 Å². The summed E-state index contributed by atoms with van der Waals surface area (Å²) in [5.41, 5.74) is 3.28. The van der Waals surface area contributed by atoms with E-state index in [1.54, 1.807) is 0 Å². The number of furan rings is 1. The van der Waals surface area contributed by atoms with E-state index >= 15 is 0 Å². The highest BCUT2D eigenvalue weighted by Crippen LogP contribution is 2.31. The molecule has 0 aliphatic heterocycles. The Kier molecular flexibility index (Phi) is 2.49. The van der Waals surface area contributed by atoms with Crippen molar-refractivity contribution in [3.63, 3.8) is 0 Å². The number of anilines is 1. The first-order chi connectivity index (χ1) is 9.85. The van der Waals surface area contributed by atoms with Crippen LogP contribution in [0.2, 0.25) is 0 Å². The van der Waals surface area contributed by atoms with Gasteiger partial charge in [0.2, 0.25) is 0 Å². The molecule has 2 aromatic heterocycles. The van der Waals surface area contributed by atoms with Gasteiger partial charge in [-0.15, -0.1) is 0 Å². The molecule has 0 unspecified atom stereocenters. The van der Waals surface area contributed by atoms with Crippen LogP contribution < -0.4 is 5.32 Å². The zero-order valence-corrected chi connectivity index (χ0v) is 11.3. The Morgan fingerprint density at radius 2 is 2.05 bits per heavy atom. The molecule has 4 nitrogen and oxygen atoms in total. The summed E-state index contributed by atoms with van der Waals surface area (Å²) in [6.45, 7) is 0. The van der Waals surface area contributed by atoms with Crippen molar-refractivity contribution in [2.45, 2.75) is 19.3 Å². The van der Waals surface area contributed by atoms with Crippen LogP contribution in [-0.4, -0.2) is 17.0 Å². The topological polar surface area (TPSA) is 51.0 Å². The molecule has 0 amide bonds. The van der Waals surface area contributed by atoms with Gasteiger partial charge in [-0.3, -0.25) is 0 Å². The first-order valence-electron chi connectivity index (χ1n) is 6.91. The van der Waals surface area contributed by atoms with Gasteiger partial charge in [0.15, 0.2) is 11.6 Å². The van der Waals surface area contributed by atoms with E-state index in [1.807, 2.05) is 37.4 Å².